The van der Waals surface area contributed by atoms with E-state index in [9.17, 15) is 18.0 Å². The average molecular weight is 434 g/mol. The van der Waals surface area contributed by atoms with Gasteiger partial charge in [-0.1, -0.05) is 32.0 Å². The van der Waals surface area contributed by atoms with Crippen LogP contribution in [0.3, 0.4) is 0 Å². The number of ether oxygens (including phenoxy) is 1. The highest BCUT2D eigenvalue weighted by Crippen LogP contribution is 2.17. The van der Waals surface area contributed by atoms with Gasteiger partial charge in [-0.3, -0.25) is 20.4 Å². The first-order valence-electron chi connectivity index (χ1n) is 9.66. The van der Waals surface area contributed by atoms with E-state index in [2.05, 4.69) is 10.9 Å². The third-order valence-corrected chi connectivity index (χ3v) is 6.39. The summed E-state index contributed by atoms with van der Waals surface area (Å²) in [7, 11) is -3.68. The molecule has 0 atom stereocenters. The van der Waals surface area contributed by atoms with Crippen LogP contribution in [0.25, 0.3) is 0 Å². The molecule has 0 heterocycles. The molecule has 0 radical (unpaired) electrons. The lowest BCUT2D eigenvalue weighted by atomic mass is 10.2. The minimum absolute atomic E-state index is 0.0248. The number of hydrogen-bond acceptors (Lipinski definition) is 5. The van der Waals surface area contributed by atoms with Gasteiger partial charge in [0.15, 0.2) is 0 Å². The number of hydrogen-bond donors (Lipinski definition) is 2. The molecule has 2 rings (SSSR count). The molecule has 0 unspecified atom stereocenters. The summed E-state index contributed by atoms with van der Waals surface area (Å²) in [4.78, 5) is 24.3. The Hall–Kier alpha value is -2.91. The van der Waals surface area contributed by atoms with E-state index >= 15 is 0 Å². The first-order valence-corrected chi connectivity index (χ1v) is 11.1. The molecule has 2 N–H and O–H groups in total. The van der Waals surface area contributed by atoms with Gasteiger partial charge in [0.1, 0.15) is 5.75 Å². The van der Waals surface area contributed by atoms with Crippen molar-refractivity contribution < 1.29 is 22.7 Å². The highest BCUT2D eigenvalue weighted by molar-refractivity contribution is 7.89. The molecule has 30 heavy (non-hydrogen) atoms. The number of sulfonamides is 1. The van der Waals surface area contributed by atoms with E-state index in [1.165, 1.54) is 28.6 Å². The molecule has 0 bridgehead atoms. The monoisotopic (exact) mass is 433 g/mol. The number of aryl methyl sites for hydroxylation is 1. The second-order valence-electron chi connectivity index (χ2n) is 6.53. The van der Waals surface area contributed by atoms with Gasteiger partial charge in [0.2, 0.25) is 15.9 Å². The Morgan fingerprint density at radius 1 is 1.00 bits per heavy atom. The predicted octanol–water partition coefficient (Wildman–Crippen LogP) is 2.26. The van der Waals surface area contributed by atoms with Crippen molar-refractivity contribution in [3.05, 3.63) is 59.7 Å². The molecule has 8 nitrogen and oxygen atoms in total. The summed E-state index contributed by atoms with van der Waals surface area (Å²) in [5, 5.41) is 0. The minimum Gasteiger partial charge on any atom is -0.493 e. The number of carbonyl (C=O) groups excluding carboxylic acids is 2. The topological polar surface area (TPSA) is 105 Å². The van der Waals surface area contributed by atoms with Gasteiger partial charge < -0.3 is 4.74 Å². The summed E-state index contributed by atoms with van der Waals surface area (Å²) in [6, 6.07) is 13.1. The number of nitrogens with zero attached hydrogens (tertiary/aromatic N) is 1. The van der Waals surface area contributed by atoms with Gasteiger partial charge in [0, 0.05) is 18.7 Å². The normalized spacial score (nSPS) is 11.2. The van der Waals surface area contributed by atoms with Crippen LogP contribution in [0, 0.1) is 6.92 Å². The van der Waals surface area contributed by atoms with Crippen LogP contribution in [0.4, 0.5) is 0 Å². The zero-order chi connectivity index (χ0) is 22.1. The summed E-state index contributed by atoms with van der Waals surface area (Å²) in [5.74, 6) is -0.375. The summed E-state index contributed by atoms with van der Waals surface area (Å²) in [5.41, 5.74) is 5.77. The van der Waals surface area contributed by atoms with E-state index in [0.29, 0.717) is 18.8 Å². The summed E-state index contributed by atoms with van der Waals surface area (Å²) >= 11 is 0. The van der Waals surface area contributed by atoms with E-state index in [0.717, 1.165) is 5.56 Å². The molecule has 2 aromatic rings. The van der Waals surface area contributed by atoms with Gasteiger partial charge in [-0.25, -0.2) is 8.42 Å². The van der Waals surface area contributed by atoms with Gasteiger partial charge in [0.05, 0.1) is 17.9 Å². The van der Waals surface area contributed by atoms with Crippen molar-refractivity contribution in [3.63, 3.8) is 0 Å². The van der Waals surface area contributed by atoms with Crippen LogP contribution in [0.5, 0.6) is 5.75 Å². The predicted molar refractivity (Wildman–Crippen MR) is 113 cm³/mol. The number of benzene rings is 2. The maximum Gasteiger partial charge on any atom is 0.269 e. The Labute approximate surface area is 177 Å². The number of nitrogens with one attached hydrogen (secondary N) is 2. The zero-order valence-electron chi connectivity index (χ0n) is 17.3. The SMILES string of the molecule is CCN(CC)S(=O)(=O)c1cccc(C(=O)NNC(=O)CCOc2cccc(C)c2)c1. The molecule has 9 heteroatoms. The molecular weight excluding hydrogens is 406 g/mol. The van der Waals surface area contributed by atoms with Crippen molar-refractivity contribution in [2.45, 2.75) is 32.1 Å². The fraction of sp³-hybridized carbons (Fsp3) is 0.333. The zero-order valence-corrected chi connectivity index (χ0v) is 18.2. The number of amides is 2. The number of rotatable bonds is 9. The Balaban J connectivity index is 1.89. The van der Waals surface area contributed by atoms with Crippen LogP contribution < -0.4 is 15.6 Å². The lowest BCUT2D eigenvalue weighted by Crippen LogP contribution is -2.42. The van der Waals surface area contributed by atoms with Crippen molar-refractivity contribution in [2.24, 2.45) is 0 Å². The smallest absolute Gasteiger partial charge is 0.269 e. The van der Waals surface area contributed by atoms with Crippen molar-refractivity contribution in [2.75, 3.05) is 19.7 Å². The Bertz CT molecular complexity index is 988. The molecular formula is C21H27N3O5S. The fourth-order valence-electron chi connectivity index (χ4n) is 2.74. The molecule has 0 spiro atoms. The summed E-state index contributed by atoms with van der Waals surface area (Å²) < 4.78 is 32.0. The quantitative estimate of drug-likeness (QED) is 0.590. The lowest BCUT2D eigenvalue weighted by molar-refractivity contribution is -0.122. The van der Waals surface area contributed by atoms with Gasteiger partial charge in [-0.15, -0.1) is 0 Å². The van der Waals surface area contributed by atoms with Crippen molar-refractivity contribution >= 4 is 21.8 Å². The van der Waals surface area contributed by atoms with E-state index in [1.807, 2.05) is 25.1 Å². The molecule has 0 aliphatic heterocycles. The largest absolute Gasteiger partial charge is 0.493 e. The van der Waals surface area contributed by atoms with Crippen molar-refractivity contribution in [1.82, 2.24) is 15.2 Å². The van der Waals surface area contributed by atoms with Gasteiger partial charge in [-0.05, 0) is 42.8 Å². The lowest BCUT2D eigenvalue weighted by Gasteiger charge is -2.18. The van der Waals surface area contributed by atoms with Crippen LogP contribution >= 0.6 is 0 Å². The average Bonchev–Trinajstić information content (AvgIpc) is 2.73. The first kappa shape index (κ1) is 23.4. The highest BCUT2D eigenvalue weighted by atomic mass is 32.2. The Kier molecular flexibility index (Phi) is 8.37. The minimum atomic E-state index is -3.68. The third kappa shape index (κ3) is 6.30. The van der Waals surface area contributed by atoms with Crippen LogP contribution in [0.15, 0.2) is 53.4 Å². The van der Waals surface area contributed by atoms with Crippen molar-refractivity contribution in [3.8, 4) is 5.75 Å². The van der Waals surface area contributed by atoms with E-state index in [-0.39, 0.29) is 23.5 Å². The van der Waals surface area contributed by atoms with E-state index in [4.69, 9.17) is 4.74 Å². The molecule has 0 aliphatic carbocycles. The van der Waals surface area contributed by atoms with E-state index < -0.39 is 21.8 Å². The standard InChI is InChI=1S/C21H27N3O5S/c1-4-24(5-2)30(27,28)19-11-7-9-17(15-19)21(26)23-22-20(25)12-13-29-18-10-6-8-16(3)14-18/h6-11,14-15H,4-5,12-13H2,1-3H3,(H,22,25)(H,23,26). The maximum absolute atomic E-state index is 12.6. The first-order chi connectivity index (χ1) is 14.3. The Morgan fingerprint density at radius 3 is 2.37 bits per heavy atom. The molecule has 0 saturated carbocycles. The summed E-state index contributed by atoms with van der Waals surface area (Å²) in [6.45, 7) is 6.25. The summed E-state index contributed by atoms with van der Waals surface area (Å²) in [6.07, 6.45) is 0.0462. The van der Waals surface area contributed by atoms with Crippen LogP contribution in [0.2, 0.25) is 0 Å². The molecule has 2 amide bonds. The van der Waals surface area contributed by atoms with Crippen LogP contribution in [-0.2, 0) is 14.8 Å². The van der Waals surface area contributed by atoms with E-state index in [1.54, 1.807) is 19.9 Å². The van der Waals surface area contributed by atoms with Crippen LogP contribution in [-0.4, -0.2) is 44.2 Å². The number of carbonyl (C=O) groups is 2. The fourth-order valence-corrected chi connectivity index (χ4v) is 4.24. The molecule has 0 aromatic heterocycles. The second-order valence-corrected chi connectivity index (χ2v) is 8.47. The van der Waals surface area contributed by atoms with Crippen LogP contribution in [0.1, 0.15) is 36.2 Å². The van der Waals surface area contributed by atoms with Gasteiger partial charge in [0.25, 0.3) is 5.91 Å². The maximum atomic E-state index is 12.6. The third-order valence-electron chi connectivity index (χ3n) is 4.34. The Morgan fingerprint density at radius 2 is 1.70 bits per heavy atom. The molecule has 0 aliphatic rings. The molecule has 162 valence electrons. The highest BCUT2D eigenvalue weighted by Gasteiger charge is 2.22. The second kappa shape index (κ2) is 10.7. The van der Waals surface area contributed by atoms with Crippen molar-refractivity contribution in [1.29, 1.82) is 0 Å². The molecule has 0 saturated heterocycles. The number of hydrazine groups is 1. The molecule has 2 aromatic carbocycles. The molecule has 0 fully saturated rings. The van der Waals surface area contributed by atoms with Gasteiger partial charge >= 0.3 is 0 Å². The van der Waals surface area contributed by atoms with Gasteiger partial charge in [-0.2, -0.15) is 4.31 Å².